The van der Waals surface area contributed by atoms with E-state index in [1.54, 1.807) is 16.7 Å². The second-order valence-electron chi connectivity index (χ2n) is 12.0. The van der Waals surface area contributed by atoms with Gasteiger partial charge >= 0.3 is 0 Å². The lowest BCUT2D eigenvalue weighted by Crippen LogP contribution is -2.41. The molecule has 38 heavy (non-hydrogen) atoms. The van der Waals surface area contributed by atoms with Crippen molar-refractivity contribution in [1.82, 2.24) is 9.13 Å². The number of fused-ring (bicyclic) bond motifs is 11. The molecule has 11 rings (SSSR count). The van der Waals surface area contributed by atoms with E-state index in [9.17, 15) is 0 Å². The number of hydrogen-bond donors (Lipinski definition) is 0. The Kier molecular flexibility index (Phi) is 2.92. The first-order valence-electron chi connectivity index (χ1n) is 14.1. The van der Waals surface area contributed by atoms with E-state index in [-0.39, 0.29) is 5.41 Å². The summed E-state index contributed by atoms with van der Waals surface area (Å²) in [7, 11) is 0. The summed E-state index contributed by atoms with van der Waals surface area (Å²) >= 11 is 0. The SMILES string of the molecule is c1ccc2c(c1)-n1c3ccccc3c3ccc4c(c31)C21c2c(ccc3c5ccccc5n-4c23)C2CCCC21. The van der Waals surface area contributed by atoms with Gasteiger partial charge in [-0.1, -0.05) is 79.2 Å². The minimum absolute atomic E-state index is 0.101. The van der Waals surface area contributed by atoms with Gasteiger partial charge in [0.15, 0.2) is 0 Å². The fraction of sp³-hybridized carbons (Fsp3) is 0.167. The highest BCUT2D eigenvalue weighted by molar-refractivity contribution is 6.17. The number of aromatic nitrogens is 2. The van der Waals surface area contributed by atoms with Crippen LogP contribution in [0.1, 0.15) is 47.4 Å². The van der Waals surface area contributed by atoms with Crippen LogP contribution in [-0.2, 0) is 5.41 Å². The van der Waals surface area contributed by atoms with Crippen LogP contribution in [0.3, 0.4) is 0 Å². The van der Waals surface area contributed by atoms with Gasteiger partial charge in [0.1, 0.15) is 0 Å². The first-order valence-corrected chi connectivity index (χ1v) is 14.1. The highest BCUT2D eigenvalue weighted by Gasteiger charge is 2.61. The maximum absolute atomic E-state index is 2.63. The molecule has 1 fully saturated rings. The van der Waals surface area contributed by atoms with Crippen molar-refractivity contribution >= 4 is 43.6 Å². The molecule has 2 nitrogen and oxygen atoms in total. The third-order valence-electron chi connectivity index (χ3n) is 10.8. The maximum Gasteiger partial charge on any atom is 0.0606 e. The standard InChI is InChI=1S/C36H24N2/c1-4-13-28-22(9-1)25-18-19-31-33-35(25)37(28)30-15-6-3-11-27(30)36(33)26-12-7-10-20(26)23-16-17-24-21-8-2-5-14-29(21)38(31)34(24)32(23)36/h1-6,8-9,11,13-20,26H,7,10,12H2. The van der Waals surface area contributed by atoms with Gasteiger partial charge in [-0.2, -0.15) is 0 Å². The Morgan fingerprint density at radius 3 is 2.03 bits per heavy atom. The molecule has 3 unspecified atom stereocenters. The topological polar surface area (TPSA) is 9.86 Å². The lowest BCUT2D eigenvalue weighted by Gasteiger charge is -2.46. The minimum Gasteiger partial charge on any atom is -0.309 e. The highest BCUT2D eigenvalue weighted by atomic mass is 15.1. The second-order valence-corrected chi connectivity index (χ2v) is 12.0. The van der Waals surface area contributed by atoms with Crippen molar-refractivity contribution in [3.63, 3.8) is 0 Å². The molecule has 1 spiro atoms. The number of hydrogen-bond acceptors (Lipinski definition) is 0. The molecular formula is C36H24N2. The van der Waals surface area contributed by atoms with Gasteiger partial charge in [0.2, 0.25) is 0 Å². The molecule has 0 saturated heterocycles. The molecule has 3 atom stereocenters. The van der Waals surface area contributed by atoms with Crippen LogP contribution in [-0.4, -0.2) is 9.13 Å². The maximum atomic E-state index is 2.63. The first kappa shape index (κ1) is 18.9. The van der Waals surface area contributed by atoms with Crippen molar-refractivity contribution in [3.8, 4) is 11.4 Å². The van der Waals surface area contributed by atoms with Crippen molar-refractivity contribution in [3.05, 3.63) is 119 Å². The third-order valence-corrected chi connectivity index (χ3v) is 10.8. The minimum atomic E-state index is -0.101. The monoisotopic (exact) mass is 484 g/mol. The molecule has 0 bridgehead atoms. The predicted molar refractivity (Wildman–Crippen MR) is 155 cm³/mol. The molecule has 5 aromatic carbocycles. The second kappa shape index (κ2) is 5.89. The van der Waals surface area contributed by atoms with Crippen LogP contribution in [0.15, 0.2) is 97.1 Å². The van der Waals surface area contributed by atoms with Gasteiger partial charge in [-0.05, 0) is 65.6 Å². The van der Waals surface area contributed by atoms with E-state index in [0.717, 1.165) is 0 Å². The van der Waals surface area contributed by atoms with E-state index in [1.807, 2.05) is 0 Å². The Balaban J connectivity index is 1.52. The van der Waals surface area contributed by atoms with Gasteiger partial charge < -0.3 is 9.13 Å². The number of benzene rings is 5. The van der Waals surface area contributed by atoms with Crippen LogP contribution >= 0.6 is 0 Å². The van der Waals surface area contributed by atoms with Crippen LogP contribution in [0.25, 0.3) is 55.0 Å². The van der Waals surface area contributed by atoms with E-state index in [1.165, 1.54) is 79.8 Å². The quantitative estimate of drug-likeness (QED) is 0.204. The molecule has 1 saturated carbocycles. The summed E-state index contributed by atoms with van der Waals surface area (Å²) in [5.41, 5.74) is 14.5. The Labute approximate surface area is 219 Å². The Morgan fingerprint density at radius 2 is 1.21 bits per heavy atom. The molecule has 7 aromatic rings. The van der Waals surface area contributed by atoms with Gasteiger partial charge in [-0.25, -0.2) is 0 Å². The van der Waals surface area contributed by atoms with E-state index < -0.39 is 0 Å². The summed E-state index contributed by atoms with van der Waals surface area (Å²) in [5, 5.41) is 5.54. The molecular weight excluding hydrogens is 460 g/mol. The van der Waals surface area contributed by atoms with Gasteiger partial charge in [-0.15, -0.1) is 0 Å². The Morgan fingerprint density at radius 1 is 0.553 bits per heavy atom. The van der Waals surface area contributed by atoms with E-state index in [2.05, 4.69) is 106 Å². The summed E-state index contributed by atoms with van der Waals surface area (Å²) in [4.78, 5) is 0. The van der Waals surface area contributed by atoms with Gasteiger partial charge in [-0.3, -0.25) is 0 Å². The molecule has 4 heterocycles. The van der Waals surface area contributed by atoms with Crippen molar-refractivity contribution in [1.29, 1.82) is 0 Å². The Bertz CT molecular complexity index is 2240. The Hall–Kier alpha value is -4.30. The molecule has 0 amide bonds. The third kappa shape index (κ3) is 1.70. The summed E-state index contributed by atoms with van der Waals surface area (Å²) in [6.45, 7) is 0. The number of para-hydroxylation sites is 3. The fourth-order valence-corrected chi connectivity index (χ4v) is 9.74. The molecule has 4 aliphatic rings. The fourth-order valence-electron chi connectivity index (χ4n) is 9.74. The van der Waals surface area contributed by atoms with Crippen LogP contribution in [0, 0.1) is 5.92 Å². The smallest absolute Gasteiger partial charge is 0.0606 e. The van der Waals surface area contributed by atoms with Crippen molar-refractivity contribution in [2.45, 2.75) is 30.6 Å². The molecule has 2 heteroatoms. The normalized spacial score (nSPS) is 23.6. The number of nitrogens with zero attached hydrogens (tertiary/aromatic N) is 2. The van der Waals surface area contributed by atoms with Crippen molar-refractivity contribution in [2.75, 3.05) is 0 Å². The lowest BCUT2D eigenvalue weighted by atomic mass is 9.60. The predicted octanol–water partition coefficient (Wildman–Crippen LogP) is 8.74. The van der Waals surface area contributed by atoms with Crippen LogP contribution in [0.5, 0.6) is 0 Å². The zero-order valence-corrected chi connectivity index (χ0v) is 20.9. The summed E-state index contributed by atoms with van der Waals surface area (Å²) in [5.74, 6) is 1.23. The number of rotatable bonds is 0. The van der Waals surface area contributed by atoms with E-state index in [0.29, 0.717) is 11.8 Å². The van der Waals surface area contributed by atoms with Gasteiger partial charge in [0.05, 0.1) is 38.9 Å². The highest BCUT2D eigenvalue weighted by Crippen LogP contribution is 2.70. The molecule has 2 aliphatic heterocycles. The molecule has 0 radical (unpaired) electrons. The van der Waals surface area contributed by atoms with Crippen molar-refractivity contribution in [2.24, 2.45) is 5.92 Å². The zero-order valence-electron chi connectivity index (χ0n) is 20.9. The van der Waals surface area contributed by atoms with Crippen molar-refractivity contribution < 1.29 is 0 Å². The molecule has 2 aliphatic carbocycles. The summed E-state index contributed by atoms with van der Waals surface area (Å²) in [6.07, 6.45) is 3.93. The first-order chi connectivity index (χ1) is 18.9. The van der Waals surface area contributed by atoms with Gasteiger partial charge in [0, 0.05) is 27.1 Å². The van der Waals surface area contributed by atoms with Crippen LogP contribution in [0.4, 0.5) is 0 Å². The summed E-state index contributed by atoms with van der Waals surface area (Å²) < 4.78 is 5.23. The molecule has 0 N–H and O–H groups in total. The molecule has 2 aromatic heterocycles. The average Bonchev–Trinajstić information content (AvgIpc) is 3.72. The largest absolute Gasteiger partial charge is 0.309 e. The van der Waals surface area contributed by atoms with E-state index >= 15 is 0 Å². The van der Waals surface area contributed by atoms with E-state index in [4.69, 9.17) is 0 Å². The van der Waals surface area contributed by atoms with Crippen LogP contribution < -0.4 is 0 Å². The lowest BCUT2D eigenvalue weighted by molar-refractivity contribution is 0.382. The summed E-state index contributed by atoms with van der Waals surface area (Å²) in [6, 6.07) is 37.3. The zero-order chi connectivity index (χ0) is 24.3. The molecule has 178 valence electrons. The average molecular weight is 485 g/mol. The van der Waals surface area contributed by atoms with Gasteiger partial charge in [0.25, 0.3) is 0 Å². The van der Waals surface area contributed by atoms with Crippen LogP contribution in [0.2, 0.25) is 0 Å².